The Hall–Kier alpha value is -3.08. The number of anilines is 3. The van der Waals surface area contributed by atoms with Crippen molar-refractivity contribution in [3.8, 4) is 0 Å². The number of carbonyl (C=O) groups excluding carboxylic acids is 1. The molecule has 1 aromatic heterocycles. The van der Waals surface area contributed by atoms with E-state index in [0.29, 0.717) is 32.0 Å². The molecule has 3 heterocycles. The summed E-state index contributed by atoms with van der Waals surface area (Å²) in [4.78, 5) is 24.5. The van der Waals surface area contributed by atoms with E-state index >= 15 is 0 Å². The molecule has 0 radical (unpaired) electrons. The molecule has 1 atom stereocenters. The monoisotopic (exact) mass is 449 g/mol. The smallest absolute Gasteiger partial charge is 0.383 e. The normalized spacial score (nSPS) is 19.8. The number of rotatable bonds is 3. The van der Waals surface area contributed by atoms with Gasteiger partial charge in [0.2, 0.25) is 5.95 Å². The second kappa shape index (κ2) is 8.81. The third kappa shape index (κ3) is 4.72. The minimum atomic E-state index is -4.55. The van der Waals surface area contributed by atoms with Crippen molar-refractivity contribution >= 4 is 23.5 Å². The average molecular weight is 449 g/mol. The van der Waals surface area contributed by atoms with Gasteiger partial charge in [0.25, 0.3) is 5.91 Å². The van der Waals surface area contributed by atoms with E-state index in [9.17, 15) is 18.0 Å². The molecule has 172 valence electrons. The highest BCUT2D eigenvalue weighted by molar-refractivity contribution is 5.94. The van der Waals surface area contributed by atoms with E-state index in [1.807, 2.05) is 4.90 Å². The quantitative estimate of drug-likeness (QED) is 0.660. The van der Waals surface area contributed by atoms with Gasteiger partial charge in [-0.25, -0.2) is 0 Å². The zero-order valence-electron chi connectivity index (χ0n) is 17.5. The fourth-order valence-electron chi connectivity index (χ4n) is 4.32. The summed E-state index contributed by atoms with van der Waals surface area (Å²) >= 11 is 0. The maximum Gasteiger partial charge on any atom is 0.416 e. The van der Waals surface area contributed by atoms with Gasteiger partial charge in [0.1, 0.15) is 11.6 Å². The summed E-state index contributed by atoms with van der Waals surface area (Å²) in [5, 5.41) is 3.15. The Labute approximate surface area is 183 Å². The molecule has 2 aliphatic rings. The molecule has 1 amide bonds. The maximum atomic E-state index is 13.8. The molecule has 0 aliphatic carbocycles. The number of carbonyl (C=O) groups is 1. The Kier molecular flexibility index (Phi) is 6.09. The lowest BCUT2D eigenvalue weighted by molar-refractivity contribution is -0.138. The van der Waals surface area contributed by atoms with Crippen molar-refractivity contribution in [1.29, 1.82) is 0 Å². The summed E-state index contributed by atoms with van der Waals surface area (Å²) in [6, 6.07) is 4.54. The first-order chi connectivity index (χ1) is 15.2. The fourth-order valence-corrected chi connectivity index (χ4v) is 4.32. The molecule has 2 fully saturated rings. The Bertz CT molecular complexity index is 972. The molecular formula is C21H26F3N7O. The molecule has 1 aromatic carbocycles. The van der Waals surface area contributed by atoms with Crippen LogP contribution in [0, 0.1) is 0 Å². The van der Waals surface area contributed by atoms with Gasteiger partial charge >= 0.3 is 6.18 Å². The summed E-state index contributed by atoms with van der Waals surface area (Å²) in [6.07, 6.45) is -1.68. The van der Waals surface area contributed by atoms with E-state index in [1.165, 1.54) is 12.1 Å². The number of halogens is 3. The summed E-state index contributed by atoms with van der Waals surface area (Å²) in [5.74, 6) is 0.409. The van der Waals surface area contributed by atoms with Crippen molar-refractivity contribution in [3.63, 3.8) is 0 Å². The van der Waals surface area contributed by atoms with Crippen LogP contribution in [0.5, 0.6) is 0 Å². The van der Waals surface area contributed by atoms with Crippen molar-refractivity contribution < 1.29 is 18.0 Å². The van der Waals surface area contributed by atoms with Crippen LogP contribution in [0.3, 0.4) is 0 Å². The van der Waals surface area contributed by atoms with Gasteiger partial charge in [-0.15, -0.1) is 0 Å². The topological polar surface area (TPSA) is 113 Å². The van der Waals surface area contributed by atoms with Gasteiger partial charge in [-0.05, 0) is 43.0 Å². The molecule has 2 aliphatic heterocycles. The molecule has 0 saturated carbocycles. The van der Waals surface area contributed by atoms with E-state index in [1.54, 1.807) is 11.0 Å². The second-order valence-corrected chi connectivity index (χ2v) is 8.11. The number of alkyl halides is 3. The van der Waals surface area contributed by atoms with Gasteiger partial charge < -0.3 is 26.6 Å². The van der Waals surface area contributed by atoms with E-state index in [2.05, 4.69) is 15.3 Å². The number of piperidine rings is 1. The van der Waals surface area contributed by atoms with Crippen molar-refractivity contribution in [2.24, 2.45) is 0 Å². The molecule has 2 aromatic rings. The largest absolute Gasteiger partial charge is 0.416 e. The third-order valence-corrected chi connectivity index (χ3v) is 5.87. The fraction of sp³-hybridized carbons (Fsp3) is 0.476. The molecular weight excluding hydrogens is 423 g/mol. The number of hydrogen-bond acceptors (Lipinski definition) is 7. The number of hydrogen-bond donors (Lipinski definition) is 3. The Balaban J connectivity index is 1.66. The summed E-state index contributed by atoms with van der Waals surface area (Å²) in [6.45, 7) is 2.40. The maximum absolute atomic E-state index is 13.8. The lowest BCUT2D eigenvalue weighted by atomic mass is 9.95. The molecule has 8 nitrogen and oxygen atoms in total. The van der Waals surface area contributed by atoms with Gasteiger partial charge in [0, 0.05) is 44.4 Å². The van der Waals surface area contributed by atoms with Gasteiger partial charge in [-0.2, -0.15) is 23.1 Å². The van der Waals surface area contributed by atoms with Crippen molar-refractivity contribution in [3.05, 3.63) is 41.0 Å². The van der Waals surface area contributed by atoms with Crippen LogP contribution in [0.25, 0.3) is 0 Å². The molecule has 0 bridgehead atoms. The first-order valence-electron chi connectivity index (χ1n) is 10.6. The number of piperazine rings is 1. The minimum Gasteiger partial charge on any atom is -0.383 e. The van der Waals surface area contributed by atoms with Crippen molar-refractivity contribution in [2.45, 2.75) is 31.5 Å². The number of nitrogens with zero attached hydrogens (tertiary/aromatic N) is 4. The van der Waals surface area contributed by atoms with Crippen LogP contribution in [0.1, 0.15) is 46.8 Å². The van der Waals surface area contributed by atoms with Crippen molar-refractivity contribution in [2.75, 3.05) is 49.1 Å². The van der Waals surface area contributed by atoms with E-state index in [-0.39, 0.29) is 35.3 Å². The number of benzene rings is 1. The molecule has 2 saturated heterocycles. The van der Waals surface area contributed by atoms with Crippen LogP contribution in [0.2, 0.25) is 0 Å². The lowest BCUT2D eigenvalue weighted by Crippen LogP contribution is -2.47. The number of amides is 1. The van der Waals surface area contributed by atoms with Gasteiger partial charge in [0.05, 0.1) is 11.6 Å². The zero-order valence-corrected chi connectivity index (χ0v) is 17.5. The summed E-state index contributed by atoms with van der Waals surface area (Å²) in [7, 11) is 0. The molecule has 5 N–H and O–H groups in total. The average Bonchev–Trinajstić information content (AvgIpc) is 2.77. The number of nitrogen functional groups attached to an aromatic ring is 2. The van der Waals surface area contributed by atoms with Crippen molar-refractivity contribution in [1.82, 2.24) is 20.2 Å². The first kappa shape index (κ1) is 22.1. The van der Waals surface area contributed by atoms with Gasteiger partial charge in [0.15, 0.2) is 0 Å². The van der Waals surface area contributed by atoms with Gasteiger partial charge in [-0.3, -0.25) is 4.79 Å². The molecule has 4 rings (SSSR count). The van der Waals surface area contributed by atoms with E-state index in [0.717, 1.165) is 25.3 Å². The standard InChI is InChI=1S/C21H26F3N7O/c22-21(23,24)15-5-4-13(19(32)30-7-2-1-3-8-30)10-14(15)16-12-31(9-6-27-16)18-11-17(25)28-20(26)29-18/h4-5,10-11,16,27H,1-3,6-9,12H2,(H4,25,26,28,29)/t16-/m1/s1. The number of aromatic nitrogens is 2. The summed E-state index contributed by atoms with van der Waals surface area (Å²) < 4.78 is 41.5. The van der Waals surface area contributed by atoms with E-state index in [4.69, 9.17) is 11.5 Å². The SMILES string of the molecule is Nc1cc(N2CCN[C@@H](c3cc(C(=O)N4CCCCC4)ccc3C(F)(F)F)C2)nc(N)n1. The highest BCUT2D eigenvalue weighted by Gasteiger charge is 2.37. The number of nitrogens with one attached hydrogen (secondary N) is 1. The predicted molar refractivity (Wildman–Crippen MR) is 115 cm³/mol. The molecule has 11 heteroatoms. The molecule has 0 unspecified atom stereocenters. The second-order valence-electron chi connectivity index (χ2n) is 8.11. The zero-order chi connectivity index (χ0) is 22.9. The lowest BCUT2D eigenvalue weighted by Gasteiger charge is -2.36. The predicted octanol–water partition coefficient (Wildman–Crippen LogP) is 2.44. The third-order valence-electron chi connectivity index (χ3n) is 5.87. The van der Waals surface area contributed by atoms with Gasteiger partial charge in [-0.1, -0.05) is 0 Å². The summed E-state index contributed by atoms with van der Waals surface area (Å²) in [5.41, 5.74) is 11.0. The van der Waals surface area contributed by atoms with Crippen LogP contribution < -0.4 is 21.7 Å². The number of nitrogens with two attached hydrogens (primary N) is 2. The Morgan fingerprint density at radius 2 is 1.81 bits per heavy atom. The first-order valence-corrected chi connectivity index (χ1v) is 10.6. The molecule has 32 heavy (non-hydrogen) atoms. The van der Waals surface area contributed by atoms with Crippen LogP contribution in [-0.2, 0) is 6.18 Å². The minimum absolute atomic E-state index is 0.000175. The van der Waals surface area contributed by atoms with Crippen LogP contribution in [0.15, 0.2) is 24.3 Å². The highest BCUT2D eigenvalue weighted by Crippen LogP contribution is 2.36. The van der Waals surface area contributed by atoms with Crippen LogP contribution in [-0.4, -0.2) is 53.5 Å². The highest BCUT2D eigenvalue weighted by atomic mass is 19.4. The number of likely N-dealkylation sites (tertiary alicyclic amines) is 1. The van der Waals surface area contributed by atoms with Crippen LogP contribution >= 0.6 is 0 Å². The Morgan fingerprint density at radius 3 is 2.50 bits per heavy atom. The van der Waals surface area contributed by atoms with E-state index < -0.39 is 17.8 Å². The van der Waals surface area contributed by atoms with Crippen LogP contribution in [0.4, 0.5) is 30.8 Å². The molecule has 0 spiro atoms. The Morgan fingerprint density at radius 1 is 1.06 bits per heavy atom.